The van der Waals surface area contributed by atoms with Crippen LogP contribution >= 0.6 is 0 Å². The predicted octanol–water partition coefficient (Wildman–Crippen LogP) is 2.68. The summed E-state index contributed by atoms with van der Waals surface area (Å²) in [6, 6.07) is 2.05. The van der Waals surface area contributed by atoms with Crippen LogP contribution in [0.4, 0.5) is 23.2 Å². The van der Waals surface area contributed by atoms with Crippen LogP contribution < -0.4 is 4.74 Å². The van der Waals surface area contributed by atoms with Gasteiger partial charge in [-0.25, -0.2) is 4.39 Å². The SMILES string of the molecule is O=[N+]([O-])c1cc(F)ccc1OCC(F)(F)F. The van der Waals surface area contributed by atoms with Gasteiger partial charge in [-0.2, -0.15) is 13.2 Å². The number of nitro groups is 1. The molecule has 0 bridgehead atoms. The van der Waals surface area contributed by atoms with Gasteiger partial charge in [-0.05, 0) is 12.1 Å². The molecule has 1 rings (SSSR count). The van der Waals surface area contributed by atoms with Gasteiger partial charge in [0.15, 0.2) is 12.4 Å². The van der Waals surface area contributed by atoms with Crippen molar-refractivity contribution in [1.82, 2.24) is 0 Å². The van der Waals surface area contributed by atoms with Gasteiger partial charge >= 0.3 is 11.9 Å². The molecule has 0 heterocycles. The van der Waals surface area contributed by atoms with Crippen LogP contribution in [-0.2, 0) is 0 Å². The number of ether oxygens (including phenoxy) is 1. The Kier molecular flexibility index (Phi) is 3.31. The van der Waals surface area contributed by atoms with E-state index >= 15 is 0 Å². The number of nitrogens with zero attached hydrogens (tertiary/aromatic N) is 1. The maximum absolute atomic E-state index is 12.6. The molecule has 88 valence electrons. The second-order valence-corrected chi connectivity index (χ2v) is 2.77. The van der Waals surface area contributed by atoms with Crippen LogP contribution in [0.1, 0.15) is 0 Å². The zero-order chi connectivity index (χ0) is 12.3. The molecular weight excluding hydrogens is 234 g/mol. The summed E-state index contributed by atoms with van der Waals surface area (Å²) in [6.45, 7) is -1.67. The van der Waals surface area contributed by atoms with Gasteiger partial charge in [0.25, 0.3) is 0 Å². The van der Waals surface area contributed by atoms with E-state index in [1.807, 2.05) is 0 Å². The normalized spacial score (nSPS) is 11.2. The second-order valence-electron chi connectivity index (χ2n) is 2.77. The Morgan fingerprint density at radius 3 is 2.50 bits per heavy atom. The molecule has 0 fully saturated rings. The summed E-state index contributed by atoms with van der Waals surface area (Å²) in [5.41, 5.74) is -0.843. The Hall–Kier alpha value is -1.86. The zero-order valence-electron chi connectivity index (χ0n) is 7.62. The van der Waals surface area contributed by atoms with Crippen molar-refractivity contribution in [3.63, 3.8) is 0 Å². The first-order chi connectivity index (χ1) is 7.29. The molecule has 8 heteroatoms. The number of hydrogen-bond acceptors (Lipinski definition) is 3. The summed E-state index contributed by atoms with van der Waals surface area (Å²) in [7, 11) is 0. The molecule has 0 radical (unpaired) electrons. The van der Waals surface area contributed by atoms with Crippen molar-refractivity contribution in [2.75, 3.05) is 6.61 Å². The third-order valence-corrected chi connectivity index (χ3v) is 1.51. The Labute approximate surface area is 86.6 Å². The predicted molar refractivity (Wildman–Crippen MR) is 44.6 cm³/mol. The van der Waals surface area contributed by atoms with Gasteiger partial charge in [0, 0.05) is 0 Å². The van der Waals surface area contributed by atoms with Gasteiger partial charge in [-0.15, -0.1) is 0 Å². The monoisotopic (exact) mass is 239 g/mol. The molecule has 0 aliphatic heterocycles. The van der Waals surface area contributed by atoms with Crippen LogP contribution in [0.5, 0.6) is 5.75 Å². The van der Waals surface area contributed by atoms with E-state index in [-0.39, 0.29) is 0 Å². The second kappa shape index (κ2) is 4.33. The van der Waals surface area contributed by atoms with Crippen LogP contribution in [0.15, 0.2) is 18.2 Å². The van der Waals surface area contributed by atoms with E-state index in [4.69, 9.17) is 0 Å². The molecule has 0 aliphatic carbocycles. The quantitative estimate of drug-likeness (QED) is 0.463. The van der Waals surface area contributed by atoms with Crippen molar-refractivity contribution < 1.29 is 27.2 Å². The van der Waals surface area contributed by atoms with Crippen LogP contribution in [-0.4, -0.2) is 17.7 Å². The molecule has 16 heavy (non-hydrogen) atoms. The van der Waals surface area contributed by atoms with E-state index in [0.717, 1.165) is 12.1 Å². The maximum atomic E-state index is 12.6. The molecule has 0 saturated heterocycles. The summed E-state index contributed by atoms with van der Waals surface area (Å²) < 4.78 is 52.1. The molecule has 0 amide bonds. The number of benzene rings is 1. The lowest BCUT2D eigenvalue weighted by atomic mass is 10.3. The topological polar surface area (TPSA) is 52.4 Å². The third-order valence-electron chi connectivity index (χ3n) is 1.51. The number of halogens is 4. The molecule has 0 atom stereocenters. The molecule has 0 N–H and O–H groups in total. The molecule has 0 saturated carbocycles. The van der Waals surface area contributed by atoms with E-state index in [0.29, 0.717) is 6.07 Å². The molecule has 1 aromatic rings. The van der Waals surface area contributed by atoms with E-state index in [1.54, 1.807) is 0 Å². The van der Waals surface area contributed by atoms with Crippen molar-refractivity contribution in [2.24, 2.45) is 0 Å². The fourth-order valence-corrected chi connectivity index (χ4v) is 0.915. The van der Waals surface area contributed by atoms with E-state index in [1.165, 1.54) is 0 Å². The van der Waals surface area contributed by atoms with Gasteiger partial charge in [-0.3, -0.25) is 10.1 Å². The Balaban J connectivity index is 2.91. The summed E-state index contributed by atoms with van der Waals surface area (Å²) in [5, 5.41) is 10.4. The standard InChI is InChI=1S/C8H5F4NO3/c9-5-1-2-7(6(3-5)13(14)15)16-4-8(10,11)12/h1-3H,4H2. The first kappa shape index (κ1) is 12.2. The Morgan fingerprint density at radius 1 is 1.38 bits per heavy atom. The smallest absolute Gasteiger partial charge is 0.422 e. The maximum Gasteiger partial charge on any atom is 0.422 e. The van der Waals surface area contributed by atoms with Crippen molar-refractivity contribution in [3.05, 3.63) is 34.1 Å². The average Bonchev–Trinajstić information content (AvgIpc) is 2.14. The van der Waals surface area contributed by atoms with Gasteiger partial charge < -0.3 is 4.74 Å². The average molecular weight is 239 g/mol. The minimum atomic E-state index is -4.61. The third kappa shape index (κ3) is 3.37. The fraction of sp³-hybridized carbons (Fsp3) is 0.250. The van der Waals surface area contributed by atoms with Crippen LogP contribution in [0.25, 0.3) is 0 Å². The molecular formula is C8H5F4NO3. The Bertz CT molecular complexity index is 405. The number of alkyl halides is 3. The minimum Gasteiger partial charge on any atom is -0.477 e. The zero-order valence-corrected chi connectivity index (χ0v) is 7.62. The highest BCUT2D eigenvalue weighted by molar-refractivity contribution is 5.46. The molecule has 0 aliphatic rings. The van der Waals surface area contributed by atoms with Crippen molar-refractivity contribution in [3.8, 4) is 5.75 Å². The van der Waals surface area contributed by atoms with Crippen LogP contribution in [0.2, 0.25) is 0 Å². The molecule has 4 nitrogen and oxygen atoms in total. The first-order valence-electron chi connectivity index (χ1n) is 3.93. The largest absolute Gasteiger partial charge is 0.477 e. The summed E-state index contributed by atoms with van der Waals surface area (Å²) in [6.07, 6.45) is -4.61. The van der Waals surface area contributed by atoms with Crippen LogP contribution in [0, 0.1) is 15.9 Å². The summed E-state index contributed by atoms with van der Waals surface area (Å²) >= 11 is 0. The summed E-state index contributed by atoms with van der Waals surface area (Å²) in [4.78, 5) is 9.36. The molecule has 1 aromatic carbocycles. The lowest BCUT2D eigenvalue weighted by molar-refractivity contribution is -0.386. The fourth-order valence-electron chi connectivity index (χ4n) is 0.915. The van der Waals surface area contributed by atoms with Crippen LogP contribution in [0.3, 0.4) is 0 Å². The molecule has 0 unspecified atom stereocenters. The Morgan fingerprint density at radius 2 is 2.00 bits per heavy atom. The van der Waals surface area contributed by atoms with Crippen molar-refractivity contribution in [1.29, 1.82) is 0 Å². The van der Waals surface area contributed by atoms with Gasteiger partial charge in [0.1, 0.15) is 5.82 Å². The lowest BCUT2D eigenvalue weighted by Gasteiger charge is -2.08. The number of nitro benzene ring substituents is 1. The van der Waals surface area contributed by atoms with Gasteiger partial charge in [0.05, 0.1) is 11.0 Å². The van der Waals surface area contributed by atoms with Crippen molar-refractivity contribution in [2.45, 2.75) is 6.18 Å². The molecule has 0 aromatic heterocycles. The van der Waals surface area contributed by atoms with E-state index in [2.05, 4.69) is 4.74 Å². The number of hydrogen-bond donors (Lipinski definition) is 0. The highest BCUT2D eigenvalue weighted by atomic mass is 19.4. The van der Waals surface area contributed by atoms with Crippen molar-refractivity contribution >= 4 is 5.69 Å². The summed E-state index contributed by atoms with van der Waals surface area (Å²) in [5.74, 6) is -1.55. The number of rotatable bonds is 3. The van der Waals surface area contributed by atoms with E-state index < -0.39 is 35.0 Å². The first-order valence-corrected chi connectivity index (χ1v) is 3.93. The highest BCUT2D eigenvalue weighted by Crippen LogP contribution is 2.29. The van der Waals surface area contributed by atoms with Gasteiger partial charge in [0.2, 0.25) is 0 Å². The molecule has 0 spiro atoms. The minimum absolute atomic E-state index is 0.492. The highest BCUT2D eigenvalue weighted by Gasteiger charge is 2.30. The lowest BCUT2D eigenvalue weighted by Crippen LogP contribution is -2.19. The van der Waals surface area contributed by atoms with Gasteiger partial charge in [-0.1, -0.05) is 0 Å². The van der Waals surface area contributed by atoms with E-state index in [9.17, 15) is 27.7 Å².